The Hall–Kier alpha value is -3.36. The van der Waals surface area contributed by atoms with Crippen molar-refractivity contribution in [3.05, 3.63) is 64.7 Å². The second-order valence-corrected chi connectivity index (χ2v) is 9.69. The second kappa shape index (κ2) is 11.8. The van der Waals surface area contributed by atoms with Crippen LogP contribution in [-0.4, -0.2) is 80.2 Å². The fourth-order valence-corrected chi connectivity index (χ4v) is 4.95. The zero-order valence-corrected chi connectivity index (χ0v) is 22.0. The smallest absolute Gasteiger partial charge is 0.295 e. The molecular weight excluding hydrogens is 472 g/mol. The highest BCUT2D eigenvalue weighted by Crippen LogP contribution is 2.41. The van der Waals surface area contributed by atoms with Gasteiger partial charge in [-0.05, 0) is 41.7 Å². The summed E-state index contributed by atoms with van der Waals surface area (Å²) in [6.45, 7) is 8.57. The van der Waals surface area contributed by atoms with E-state index in [1.54, 1.807) is 23.1 Å². The van der Waals surface area contributed by atoms with Gasteiger partial charge in [-0.25, -0.2) is 0 Å². The van der Waals surface area contributed by atoms with Gasteiger partial charge < -0.3 is 24.2 Å². The van der Waals surface area contributed by atoms with E-state index in [0.29, 0.717) is 49.2 Å². The van der Waals surface area contributed by atoms with Crippen molar-refractivity contribution in [1.29, 1.82) is 0 Å². The minimum absolute atomic E-state index is 0.0842. The lowest BCUT2D eigenvalue weighted by Gasteiger charge is -2.29. The van der Waals surface area contributed by atoms with E-state index in [-0.39, 0.29) is 11.3 Å². The molecule has 198 valence electrons. The van der Waals surface area contributed by atoms with Gasteiger partial charge in [-0.15, -0.1) is 0 Å². The molecule has 2 aromatic carbocycles. The maximum atomic E-state index is 13.3. The molecule has 1 N–H and O–H groups in total. The van der Waals surface area contributed by atoms with Crippen molar-refractivity contribution in [2.75, 3.05) is 53.6 Å². The van der Waals surface area contributed by atoms with E-state index < -0.39 is 17.7 Å². The van der Waals surface area contributed by atoms with E-state index in [0.717, 1.165) is 30.8 Å². The van der Waals surface area contributed by atoms with Gasteiger partial charge in [0.05, 0.1) is 39.0 Å². The van der Waals surface area contributed by atoms with Gasteiger partial charge in [0.25, 0.3) is 11.7 Å². The summed E-state index contributed by atoms with van der Waals surface area (Å²) in [6.07, 6.45) is 0.712. The number of benzene rings is 2. The Labute approximate surface area is 218 Å². The normalized spacial score (nSPS) is 20.0. The van der Waals surface area contributed by atoms with Crippen LogP contribution in [0.15, 0.2) is 48.0 Å². The molecule has 0 bridgehead atoms. The molecule has 0 saturated carbocycles. The predicted molar refractivity (Wildman–Crippen MR) is 141 cm³/mol. The molecule has 37 heavy (non-hydrogen) atoms. The highest BCUT2D eigenvalue weighted by molar-refractivity contribution is 6.46. The monoisotopic (exact) mass is 508 g/mol. The summed E-state index contributed by atoms with van der Waals surface area (Å²) in [5.74, 6) is -0.236. The van der Waals surface area contributed by atoms with Crippen LogP contribution >= 0.6 is 0 Å². The van der Waals surface area contributed by atoms with Crippen molar-refractivity contribution in [3.8, 4) is 11.5 Å². The van der Waals surface area contributed by atoms with E-state index in [1.165, 1.54) is 14.2 Å². The molecule has 2 fully saturated rings. The molecule has 0 aliphatic carbocycles. The van der Waals surface area contributed by atoms with Crippen molar-refractivity contribution in [1.82, 2.24) is 9.80 Å². The van der Waals surface area contributed by atoms with Gasteiger partial charge in [0.1, 0.15) is 5.76 Å². The number of likely N-dealkylation sites (tertiary alicyclic amines) is 1. The van der Waals surface area contributed by atoms with Crippen LogP contribution in [0.25, 0.3) is 5.76 Å². The summed E-state index contributed by atoms with van der Waals surface area (Å²) >= 11 is 0. The average Bonchev–Trinajstić information content (AvgIpc) is 3.18. The van der Waals surface area contributed by atoms with Gasteiger partial charge in [-0.2, -0.15) is 0 Å². The molecule has 2 aliphatic rings. The highest BCUT2D eigenvalue weighted by atomic mass is 16.5. The summed E-state index contributed by atoms with van der Waals surface area (Å²) in [5, 5.41) is 11.4. The topological polar surface area (TPSA) is 88.5 Å². The molecule has 0 spiro atoms. The first-order valence-electron chi connectivity index (χ1n) is 12.8. The number of ketones is 1. The number of hydrogen-bond donors (Lipinski definition) is 1. The molecule has 1 amide bonds. The number of carbonyl (C=O) groups excluding carboxylic acids is 2. The molecule has 0 aromatic heterocycles. The Bertz CT molecular complexity index is 1150. The molecule has 2 aromatic rings. The Morgan fingerprint density at radius 1 is 1.00 bits per heavy atom. The number of carbonyl (C=O) groups is 2. The average molecular weight is 509 g/mol. The number of nitrogens with zero attached hydrogens (tertiary/aromatic N) is 2. The van der Waals surface area contributed by atoms with Crippen LogP contribution < -0.4 is 9.47 Å². The minimum Gasteiger partial charge on any atom is -0.507 e. The minimum atomic E-state index is -0.684. The first-order chi connectivity index (χ1) is 17.8. The maximum Gasteiger partial charge on any atom is 0.295 e. The van der Waals surface area contributed by atoms with Gasteiger partial charge in [0.2, 0.25) is 0 Å². The number of hydrogen-bond acceptors (Lipinski definition) is 7. The van der Waals surface area contributed by atoms with Crippen LogP contribution in [0.4, 0.5) is 0 Å². The van der Waals surface area contributed by atoms with Gasteiger partial charge in [-0.1, -0.05) is 38.1 Å². The molecule has 1 atom stereocenters. The molecule has 2 saturated heterocycles. The summed E-state index contributed by atoms with van der Waals surface area (Å²) in [7, 11) is 3.03. The van der Waals surface area contributed by atoms with E-state index in [9.17, 15) is 14.7 Å². The predicted octanol–water partition coefficient (Wildman–Crippen LogP) is 3.97. The van der Waals surface area contributed by atoms with Crippen molar-refractivity contribution < 1.29 is 28.9 Å². The largest absolute Gasteiger partial charge is 0.507 e. The van der Waals surface area contributed by atoms with Crippen molar-refractivity contribution >= 4 is 17.4 Å². The van der Waals surface area contributed by atoms with Crippen molar-refractivity contribution in [2.24, 2.45) is 0 Å². The fourth-order valence-electron chi connectivity index (χ4n) is 4.95. The highest BCUT2D eigenvalue weighted by Gasteiger charge is 2.45. The van der Waals surface area contributed by atoms with E-state index in [4.69, 9.17) is 14.2 Å². The van der Waals surface area contributed by atoms with Crippen molar-refractivity contribution in [2.45, 2.75) is 32.2 Å². The van der Waals surface area contributed by atoms with Crippen LogP contribution in [0.3, 0.4) is 0 Å². The van der Waals surface area contributed by atoms with Gasteiger partial charge >= 0.3 is 0 Å². The third kappa shape index (κ3) is 5.65. The molecule has 8 nitrogen and oxygen atoms in total. The van der Waals surface area contributed by atoms with Crippen molar-refractivity contribution in [3.63, 3.8) is 0 Å². The number of rotatable bonds is 9. The number of aliphatic hydroxyl groups excluding tert-OH is 1. The molecule has 4 rings (SSSR count). The third-order valence-corrected chi connectivity index (χ3v) is 7.09. The number of methoxy groups -OCH3 is 2. The maximum absolute atomic E-state index is 13.3. The number of ether oxygens (including phenoxy) is 3. The summed E-state index contributed by atoms with van der Waals surface area (Å²) < 4.78 is 16.1. The third-order valence-electron chi connectivity index (χ3n) is 7.09. The molecular formula is C29H36N2O6. The Balaban J connectivity index is 1.71. The quantitative estimate of drug-likeness (QED) is 0.312. The van der Waals surface area contributed by atoms with Gasteiger partial charge in [-0.3, -0.25) is 14.5 Å². The zero-order chi connectivity index (χ0) is 26.5. The SMILES string of the molecule is COc1ccc(C(O)=C2C(=O)C(=O)N(CCCN3CCOCC3)[C@H]2c2ccc(C(C)C)cc2)cc1OC. The lowest BCUT2D eigenvalue weighted by Crippen LogP contribution is -2.38. The van der Waals surface area contributed by atoms with E-state index >= 15 is 0 Å². The second-order valence-electron chi connectivity index (χ2n) is 9.69. The zero-order valence-electron chi connectivity index (χ0n) is 22.0. The summed E-state index contributed by atoms with van der Waals surface area (Å²) in [6, 6.07) is 12.2. The molecule has 0 unspecified atom stereocenters. The first-order valence-corrected chi connectivity index (χ1v) is 12.8. The molecule has 8 heteroatoms. The standard InChI is InChI=1S/C29H36N2O6/c1-19(2)20-6-8-21(9-7-20)26-25(27(32)22-10-11-23(35-3)24(18-22)36-4)28(33)29(34)31(26)13-5-12-30-14-16-37-17-15-30/h6-11,18-19,26,32H,5,12-17H2,1-4H3/t26-/m0/s1. The molecule has 0 radical (unpaired) electrons. The van der Waals surface area contributed by atoms with Gasteiger partial charge in [0, 0.05) is 31.7 Å². The van der Waals surface area contributed by atoms with E-state index in [1.807, 2.05) is 24.3 Å². The summed E-state index contributed by atoms with van der Waals surface area (Å²) in [5.41, 5.74) is 2.42. The van der Waals surface area contributed by atoms with Crippen LogP contribution in [0.1, 0.15) is 48.9 Å². The lowest BCUT2D eigenvalue weighted by atomic mass is 9.93. The van der Waals surface area contributed by atoms with Crippen LogP contribution in [0, 0.1) is 0 Å². The fraction of sp³-hybridized carbons (Fsp3) is 0.448. The van der Waals surface area contributed by atoms with Crippen LogP contribution in [0.2, 0.25) is 0 Å². The van der Waals surface area contributed by atoms with Gasteiger partial charge in [0.15, 0.2) is 11.5 Å². The Morgan fingerprint density at radius 3 is 2.30 bits per heavy atom. The molecule has 2 aliphatic heterocycles. The number of aliphatic hydroxyl groups is 1. The van der Waals surface area contributed by atoms with Crippen LogP contribution in [-0.2, 0) is 14.3 Å². The molecule has 2 heterocycles. The van der Waals surface area contributed by atoms with E-state index in [2.05, 4.69) is 18.7 Å². The Kier molecular flexibility index (Phi) is 8.51. The number of amides is 1. The van der Waals surface area contributed by atoms with Crippen LogP contribution in [0.5, 0.6) is 11.5 Å². The first kappa shape index (κ1) is 26.7. The number of morpholine rings is 1. The summed E-state index contributed by atoms with van der Waals surface area (Å²) in [4.78, 5) is 30.5. The lowest BCUT2D eigenvalue weighted by molar-refractivity contribution is -0.140. The number of Topliss-reactive ketones (excluding diaryl/α,β-unsaturated/α-hetero) is 1. The Morgan fingerprint density at radius 2 is 1.68 bits per heavy atom.